The highest BCUT2D eigenvalue weighted by Gasteiger charge is 2.31. The zero-order valence-corrected chi connectivity index (χ0v) is 6.47. The average Bonchev–Trinajstić information content (AvgIpc) is 1.99. The van der Waals surface area contributed by atoms with Crippen molar-refractivity contribution in [3.05, 3.63) is 23.8 Å². The topological polar surface area (TPSA) is 45.9 Å². The molecule has 0 saturated heterocycles. The number of nitriles is 1. The Morgan fingerprint density at radius 1 is 1.36 bits per heavy atom. The summed E-state index contributed by atoms with van der Waals surface area (Å²) in [7, 11) is 0. The molecule has 0 aliphatic rings. The molecule has 1 aromatic heterocycles. The normalized spacial score (nSPS) is 10.8. The van der Waals surface area contributed by atoms with Crippen molar-refractivity contribution in [2.24, 2.45) is 0 Å². The van der Waals surface area contributed by atoms with Crippen LogP contribution in [0, 0.1) is 17.3 Å². The van der Waals surface area contributed by atoms with Crippen molar-refractivity contribution in [2.75, 3.05) is 0 Å². The second-order valence-corrected chi connectivity index (χ2v) is 2.17. The second kappa shape index (κ2) is 3.49. The van der Waals surface area contributed by atoms with E-state index in [1.807, 2.05) is 0 Å². The van der Waals surface area contributed by atoms with E-state index in [2.05, 4.69) is 9.72 Å². The van der Waals surface area contributed by atoms with Gasteiger partial charge in [-0.15, -0.1) is 13.2 Å². The maximum atomic E-state index is 12.5. The highest BCUT2D eigenvalue weighted by atomic mass is 19.4. The van der Waals surface area contributed by atoms with Crippen LogP contribution in [0.25, 0.3) is 0 Å². The van der Waals surface area contributed by atoms with Crippen LogP contribution >= 0.6 is 0 Å². The van der Waals surface area contributed by atoms with Crippen LogP contribution in [0.2, 0.25) is 0 Å². The molecule has 0 bridgehead atoms. The summed E-state index contributed by atoms with van der Waals surface area (Å²) in [5.41, 5.74) is -0.482. The first-order valence-corrected chi connectivity index (χ1v) is 3.24. The summed E-state index contributed by atoms with van der Waals surface area (Å²) >= 11 is 0. The molecule has 0 fully saturated rings. The lowest BCUT2D eigenvalue weighted by atomic mass is 10.3. The van der Waals surface area contributed by atoms with Gasteiger partial charge in [0.2, 0.25) is 5.95 Å². The Labute approximate surface area is 75.5 Å². The Kier molecular flexibility index (Phi) is 2.56. The van der Waals surface area contributed by atoms with Gasteiger partial charge < -0.3 is 4.74 Å². The Morgan fingerprint density at radius 2 is 2.00 bits per heavy atom. The van der Waals surface area contributed by atoms with Crippen molar-refractivity contribution in [1.82, 2.24) is 4.98 Å². The number of hydrogen-bond acceptors (Lipinski definition) is 3. The Morgan fingerprint density at radius 3 is 2.50 bits per heavy atom. The molecule has 1 aromatic rings. The number of rotatable bonds is 1. The molecule has 0 saturated carbocycles. The number of aromatic nitrogens is 1. The molecule has 0 spiro atoms. The zero-order valence-electron chi connectivity index (χ0n) is 6.47. The van der Waals surface area contributed by atoms with Crippen LogP contribution in [0.1, 0.15) is 5.69 Å². The smallest absolute Gasteiger partial charge is 0.406 e. The molecular formula is C7H2F4N2O. The van der Waals surface area contributed by atoms with E-state index in [0.29, 0.717) is 12.1 Å². The summed E-state index contributed by atoms with van der Waals surface area (Å²) in [5, 5.41) is 8.27. The predicted molar refractivity (Wildman–Crippen MR) is 35.6 cm³/mol. The SMILES string of the molecule is N#Cc1cc(OC(F)(F)F)cc(F)n1. The summed E-state index contributed by atoms with van der Waals surface area (Å²) in [6.45, 7) is 0. The molecule has 0 aliphatic heterocycles. The summed E-state index contributed by atoms with van der Waals surface area (Å²) < 4.78 is 50.9. The molecular weight excluding hydrogens is 204 g/mol. The van der Waals surface area contributed by atoms with Crippen molar-refractivity contribution in [3.8, 4) is 11.8 Å². The first-order valence-electron chi connectivity index (χ1n) is 3.24. The highest BCUT2D eigenvalue weighted by molar-refractivity contribution is 5.30. The first-order chi connectivity index (χ1) is 6.40. The number of ether oxygens (including phenoxy) is 1. The van der Waals surface area contributed by atoms with E-state index in [1.165, 1.54) is 6.07 Å². The predicted octanol–water partition coefficient (Wildman–Crippen LogP) is 1.99. The van der Waals surface area contributed by atoms with E-state index in [1.54, 1.807) is 0 Å². The van der Waals surface area contributed by atoms with E-state index < -0.39 is 23.8 Å². The molecule has 0 aromatic carbocycles. The van der Waals surface area contributed by atoms with E-state index in [-0.39, 0.29) is 0 Å². The maximum Gasteiger partial charge on any atom is 0.573 e. The van der Waals surface area contributed by atoms with Crippen LogP contribution < -0.4 is 4.74 Å². The fourth-order valence-corrected chi connectivity index (χ4v) is 0.723. The first kappa shape index (κ1) is 10.2. The van der Waals surface area contributed by atoms with Gasteiger partial charge in [-0.25, -0.2) is 4.98 Å². The Balaban J connectivity index is 3.00. The minimum atomic E-state index is -4.92. The van der Waals surface area contributed by atoms with Crippen molar-refractivity contribution in [3.63, 3.8) is 0 Å². The summed E-state index contributed by atoms with van der Waals surface area (Å²) in [5.74, 6) is -2.01. The van der Waals surface area contributed by atoms with Gasteiger partial charge in [-0.2, -0.15) is 9.65 Å². The third kappa shape index (κ3) is 2.90. The standard InChI is InChI=1S/C7H2F4N2O/c8-6-2-5(14-7(9,10)11)1-4(3-12)13-6/h1-2H. The number of nitrogens with zero attached hydrogens (tertiary/aromatic N) is 2. The molecule has 0 unspecified atom stereocenters. The van der Waals surface area contributed by atoms with E-state index >= 15 is 0 Å². The molecule has 0 atom stereocenters. The van der Waals surface area contributed by atoms with Crippen LogP contribution in [0.15, 0.2) is 12.1 Å². The van der Waals surface area contributed by atoms with Gasteiger partial charge in [0, 0.05) is 12.1 Å². The van der Waals surface area contributed by atoms with Crippen LogP contribution in [-0.4, -0.2) is 11.3 Å². The number of halogens is 4. The van der Waals surface area contributed by atoms with Gasteiger partial charge in [0.05, 0.1) is 0 Å². The fraction of sp³-hybridized carbons (Fsp3) is 0.143. The molecule has 1 rings (SSSR count). The summed E-state index contributed by atoms with van der Waals surface area (Å²) in [4.78, 5) is 3.01. The molecule has 7 heteroatoms. The van der Waals surface area contributed by atoms with Gasteiger partial charge >= 0.3 is 6.36 Å². The summed E-state index contributed by atoms with van der Waals surface area (Å²) in [6, 6.07) is 2.53. The monoisotopic (exact) mass is 206 g/mol. The zero-order chi connectivity index (χ0) is 10.8. The maximum absolute atomic E-state index is 12.5. The molecule has 0 amide bonds. The molecule has 14 heavy (non-hydrogen) atoms. The lowest BCUT2D eigenvalue weighted by molar-refractivity contribution is -0.274. The second-order valence-electron chi connectivity index (χ2n) is 2.17. The van der Waals surface area contributed by atoms with Gasteiger partial charge in [-0.05, 0) is 0 Å². The van der Waals surface area contributed by atoms with Gasteiger partial charge in [-0.1, -0.05) is 0 Å². The quantitative estimate of drug-likeness (QED) is 0.521. The van der Waals surface area contributed by atoms with Gasteiger partial charge in [0.1, 0.15) is 17.5 Å². The van der Waals surface area contributed by atoms with Gasteiger partial charge in [-0.3, -0.25) is 0 Å². The number of alkyl halides is 3. The van der Waals surface area contributed by atoms with Crippen LogP contribution in [0.5, 0.6) is 5.75 Å². The Hall–Kier alpha value is -1.84. The van der Waals surface area contributed by atoms with Gasteiger partial charge in [0.15, 0.2) is 0 Å². The number of pyridine rings is 1. The third-order valence-electron chi connectivity index (χ3n) is 1.12. The van der Waals surface area contributed by atoms with Crippen molar-refractivity contribution in [1.29, 1.82) is 5.26 Å². The minimum absolute atomic E-state index is 0.439. The van der Waals surface area contributed by atoms with Crippen LogP contribution in [-0.2, 0) is 0 Å². The molecule has 74 valence electrons. The van der Waals surface area contributed by atoms with Crippen molar-refractivity contribution >= 4 is 0 Å². The van der Waals surface area contributed by atoms with E-state index in [4.69, 9.17) is 5.26 Å². The van der Waals surface area contributed by atoms with Crippen LogP contribution in [0.4, 0.5) is 17.6 Å². The van der Waals surface area contributed by atoms with E-state index in [9.17, 15) is 17.6 Å². The lowest BCUT2D eigenvalue weighted by Crippen LogP contribution is -2.17. The van der Waals surface area contributed by atoms with Crippen molar-refractivity contribution < 1.29 is 22.3 Å². The van der Waals surface area contributed by atoms with E-state index in [0.717, 1.165) is 0 Å². The molecule has 0 aliphatic carbocycles. The largest absolute Gasteiger partial charge is 0.573 e. The molecule has 1 heterocycles. The average molecular weight is 206 g/mol. The Bertz CT molecular complexity index is 382. The minimum Gasteiger partial charge on any atom is -0.406 e. The number of hydrogen-bond donors (Lipinski definition) is 0. The fourth-order valence-electron chi connectivity index (χ4n) is 0.723. The molecule has 0 N–H and O–H groups in total. The van der Waals surface area contributed by atoms with Gasteiger partial charge in [0.25, 0.3) is 0 Å². The lowest BCUT2D eigenvalue weighted by Gasteiger charge is -2.08. The van der Waals surface area contributed by atoms with Crippen LogP contribution in [0.3, 0.4) is 0 Å². The summed E-state index contributed by atoms with van der Waals surface area (Å²) in [6.07, 6.45) is -4.92. The molecule has 3 nitrogen and oxygen atoms in total. The molecule has 0 radical (unpaired) electrons. The third-order valence-corrected chi connectivity index (χ3v) is 1.12. The highest BCUT2D eigenvalue weighted by Crippen LogP contribution is 2.23. The van der Waals surface area contributed by atoms with Crippen molar-refractivity contribution in [2.45, 2.75) is 6.36 Å².